The third-order valence-electron chi connectivity index (χ3n) is 4.22. The molecule has 2 fully saturated rings. The SMILES string of the molecule is CC(=O)N[C@@H]1C(O)O[C@H](CO)[C@@H](O)[C@@H]1O.N[C@H]1C(O)O[C@H](CO)[C@H](O)[C@@H]1O. The van der Waals surface area contributed by atoms with Crippen LogP contribution in [0.1, 0.15) is 6.92 Å². The summed E-state index contributed by atoms with van der Waals surface area (Å²) in [5.41, 5.74) is 5.26. The minimum atomic E-state index is -1.45. The lowest BCUT2D eigenvalue weighted by Crippen LogP contribution is -2.63. The zero-order chi connectivity index (χ0) is 20.9. The molecule has 2 heterocycles. The molecule has 160 valence electrons. The molecule has 2 aliphatic rings. The topological polar surface area (TPSA) is 235 Å². The van der Waals surface area contributed by atoms with Crippen molar-refractivity contribution in [2.75, 3.05) is 13.2 Å². The monoisotopic (exact) mass is 400 g/mol. The number of nitrogens with one attached hydrogen (secondary N) is 1. The summed E-state index contributed by atoms with van der Waals surface area (Å²) in [5.74, 6) is -0.462. The van der Waals surface area contributed by atoms with E-state index in [-0.39, 0.29) is 0 Å². The Morgan fingerprint density at radius 2 is 1.30 bits per heavy atom. The Labute approximate surface area is 154 Å². The van der Waals surface area contributed by atoms with E-state index in [0.717, 1.165) is 0 Å². The van der Waals surface area contributed by atoms with Crippen LogP contribution in [-0.4, -0.2) is 121 Å². The van der Waals surface area contributed by atoms with Gasteiger partial charge in [-0.05, 0) is 0 Å². The fourth-order valence-corrected chi connectivity index (χ4v) is 2.61. The summed E-state index contributed by atoms with van der Waals surface area (Å²) in [6.45, 7) is 0.216. The number of rotatable bonds is 3. The number of carbonyl (C=O) groups excluding carboxylic acids is 1. The molecule has 0 spiro atoms. The van der Waals surface area contributed by atoms with Gasteiger partial charge in [0.2, 0.25) is 5.91 Å². The number of aliphatic hydroxyl groups is 8. The van der Waals surface area contributed by atoms with E-state index in [4.69, 9.17) is 30.5 Å². The molecular formula is C14H28N2O11. The van der Waals surface area contributed by atoms with E-state index in [1.165, 1.54) is 6.92 Å². The first-order valence-corrected chi connectivity index (χ1v) is 8.18. The maximum Gasteiger partial charge on any atom is 0.217 e. The highest BCUT2D eigenvalue weighted by Crippen LogP contribution is 2.19. The van der Waals surface area contributed by atoms with Crippen molar-refractivity contribution in [3.05, 3.63) is 0 Å². The number of aliphatic hydroxyl groups excluding tert-OH is 8. The van der Waals surface area contributed by atoms with Crippen molar-refractivity contribution in [2.45, 2.75) is 68.2 Å². The number of ether oxygens (including phenoxy) is 2. The molecule has 0 bridgehead atoms. The van der Waals surface area contributed by atoms with Crippen LogP contribution in [0.4, 0.5) is 0 Å². The zero-order valence-corrected chi connectivity index (χ0v) is 14.6. The average Bonchev–Trinajstić information content (AvgIpc) is 2.63. The van der Waals surface area contributed by atoms with Crippen LogP contribution in [0, 0.1) is 0 Å². The third-order valence-corrected chi connectivity index (χ3v) is 4.22. The average molecular weight is 400 g/mol. The van der Waals surface area contributed by atoms with E-state index < -0.39 is 80.4 Å². The van der Waals surface area contributed by atoms with Crippen molar-refractivity contribution in [3.63, 3.8) is 0 Å². The van der Waals surface area contributed by atoms with Gasteiger partial charge in [-0.25, -0.2) is 0 Å². The first-order chi connectivity index (χ1) is 12.5. The van der Waals surface area contributed by atoms with Crippen LogP contribution in [0.3, 0.4) is 0 Å². The molecule has 2 unspecified atom stereocenters. The Morgan fingerprint density at radius 3 is 1.74 bits per heavy atom. The number of hydrogen-bond donors (Lipinski definition) is 10. The molecule has 0 radical (unpaired) electrons. The van der Waals surface area contributed by atoms with Crippen LogP contribution in [0.5, 0.6) is 0 Å². The molecule has 2 rings (SSSR count). The Bertz CT molecular complexity index is 466. The molecule has 0 aliphatic carbocycles. The van der Waals surface area contributed by atoms with Gasteiger partial charge in [0.15, 0.2) is 12.6 Å². The molecular weight excluding hydrogens is 372 g/mol. The minimum absolute atomic E-state index is 0.462. The maximum absolute atomic E-state index is 10.7. The summed E-state index contributed by atoms with van der Waals surface area (Å²) in [7, 11) is 0. The van der Waals surface area contributed by atoms with Gasteiger partial charge in [0.25, 0.3) is 0 Å². The lowest BCUT2D eigenvalue weighted by molar-refractivity contribution is -0.253. The van der Waals surface area contributed by atoms with Gasteiger partial charge in [-0.15, -0.1) is 0 Å². The largest absolute Gasteiger partial charge is 0.394 e. The van der Waals surface area contributed by atoms with Crippen LogP contribution < -0.4 is 11.1 Å². The molecule has 0 aromatic carbocycles. The second kappa shape index (κ2) is 10.5. The smallest absolute Gasteiger partial charge is 0.217 e. The first-order valence-electron chi connectivity index (χ1n) is 8.18. The zero-order valence-electron chi connectivity index (χ0n) is 14.6. The molecule has 0 aromatic rings. The number of hydrogen-bond acceptors (Lipinski definition) is 12. The first kappa shape index (κ1) is 24.1. The van der Waals surface area contributed by atoms with E-state index in [1.807, 2.05) is 0 Å². The number of nitrogens with two attached hydrogens (primary N) is 1. The summed E-state index contributed by atoms with van der Waals surface area (Å²) < 4.78 is 9.51. The highest BCUT2D eigenvalue weighted by molar-refractivity contribution is 5.73. The van der Waals surface area contributed by atoms with Gasteiger partial charge in [0.1, 0.15) is 42.7 Å². The van der Waals surface area contributed by atoms with Gasteiger partial charge in [0, 0.05) is 6.92 Å². The summed E-state index contributed by atoms with van der Waals surface area (Å²) >= 11 is 0. The Hall–Kier alpha value is -0.970. The van der Waals surface area contributed by atoms with Crippen LogP contribution in [0.15, 0.2) is 0 Å². The van der Waals surface area contributed by atoms with E-state index in [0.29, 0.717) is 0 Å². The lowest BCUT2D eigenvalue weighted by Gasteiger charge is -2.40. The van der Waals surface area contributed by atoms with Crippen molar-refractivity contribution in [3.8, 4) is 0 Å². The molecule has 10 atom stereocenters. The van der Waals surface area contributed by atoms with Crippen molar-refractivity contribution < 1.29 is 55.1 Å². The van der Waals surface area contributed by atoms with Gasteiger partial charge >= 0.3 is 0 Å². The van der Waals surface area contributed by atoms with Crippen LogP contribution in [0.25, 0.3) is 0 Å². The predicted octanol–water partition coefficient (Wildman–Crippen LogP) is -6.33. The second-order valence-electron chi connectivity index (χ2n) is 6.26. The molecule has 11 N–H and O–H groups in total. The molecule has 0 aromatic heterocycles. The number of amides is 1. The standard InChI is InChI=1S/C8H15NO6.C6H13NO5/c1-3(11)9-5-7(13)6(12)4(2-10)15-8(5)14;7-3-5(10)4(9)2(1-8)12-6(3)11/h4-8,10,12-14H,2H2,1H3,(H,9,11);2-6,8-11H,1,7H2/t4-,5+,6-,7-,8?;2-,3-,4+,5-,6?/m11/s1. The summed E-state index contributed by atoms with van der Waals surface area (Å²) in [5, 5.41) is 75.5. The van der Waals surface area contributed by atoms with Gasteiger partial charge in [-0.3, -0.25) is 4.79 Å². The van der Waals surface area contributed by atoms with E-state index in [2.05, 4.69) is 5.32 Å². The maximum atomic E-state index is 10.7. The molecule has 1 amide bonds. The fraction of sp³-hybridized carbons (Fsp3) is 0.929. The van der Waals surface area contributed by atoms with Gasteiger partial charge in [-0.1, -0.05) is 0 Å². The molecule has 27 heavy (non-hydrogen) atoms. The Kier molecular flexibility index (Phi) is 9.40. The molecule has 13 heteroatoms. The number of carbonyl (C=O) groups is 1. The van der Waals surface area contributed by atoms with Gasteiger partial charge in [0.05, 0.1) is 19.3 Å². The molecule has 13 nitrogen and oxygen atoms in total. The van der Waals surface area contributed by atoms with Gasteiger partial charge in [-0.2, -0.15) is 0 Å². The predicted molar refractivity (Wildman–Crippen MR) is 85.5 cm³/mol. The lowest BCUT2D eigenvalue weighted by atomic mass is 9.97. The molecule has 0 saturated carbocycles. The van der Waals surface area contributed by atoms with Crippen LogP contribution in [0.2, 0.25) is 0 Å². The van der Waals surface area contributed by atoms with Crippen molar-refractivity contribution in [1.82, 2.24) is 5.32 Å². The van der Waals surface area contributed by atoms with Crippen molar-refractivity contribution in [1.29, 1.82) is 0 Å². The molecule has 2 saturated heterocycles. The van der Waals surface area contributed by atoms with Gasteiger partial charge < -0.3 is 61.4 Å². The fourth-order valence-electron chi connectivity index (χ4n) is 2.61. The third kappa shape index (κ3) is 6.00. The van der Waals surface area contributed by atoms with Crippen LogP contribution >= 0.6 is 0 Å². The normalized spacial score (nSPS) is 44.8. The summed E-state index contributed by atoms with van der Waals surface area (Å²) in [4.78, 5) is 10.7. The van der Waals surface area contributed by atoms with E-state index in [9.17, 15) is 30.3 Å². The highest BCUT2D eigenvalue weighted by atomic mass is 16.6. The Balaban J connectivity index is 0.000000277. The second-order valence-corrected chi connectivity index (χ2v) is 6.26. The summed E-state index contributed by atoms with van der Waals surface area (Å²) in [6.07, 6.45) is -10.1. The van der Waals surface area contributed by atoms with E-state index >= 15 is 0 Å². The quantitative estimate of drug-likeness (QED) is 0.213. The molecule has 2 aliphatic heterocycles. The van der Waals surface area contributed by atoms with E-state index in [1.54, 1.807) is 0 Å². The van der Waals surface area contributed by atoms with Crippen molar-refractivity contribution in [2.24, 2.45) is 5.73 Å². The van der Waals surface area contributed by atoms with Crippen LogP contribution in [-0.2, 0) is 14.3 Å². The minimum Gasteiger partial charge on any atom is -0.394 e. The Morgan fingerprint density at radius 1 is 0.852 bits per heavy atom. The highest BCUT2D eigenvalue weighted by Gasteiger charge is 2.44. The van der Waals surface area contributed by atoms with Crippen molar-refractivity contribution >= 4 is 5.91 Å². The summed E-state index contributed by atoms with van der Waals surface area (Å²) in [6, 6.07) is -2.14.